The molecular weight excluding hydrogens is 397 g/mol. The minimum absolute atomic E-state index is 0.00586. The van der Waals surface area contributed by atoms with Gasteiger partial charge in [-0.1, -0.05) is 28.1 Å². The maximum Gasteiger partial charge on any atom is 0.405 e. The molecule has 9 heteroatoms. The molecule has 0 radical (unpaired) electrons. The molecule has 2 aromatic carbocycles. The van der Waals surface area contributed by atoms with Gasteiger partial charge in [0, 0.05) is 4.47 Å². The van der Waals surface area contributed by atoms with Crippen molar-refractivity contribution in [3.8, 4) is 0 Å². The van der Waals surface area contributed by atoms with E-state index in [0.717, 1.165) is 0 Å². The molecule has 0 fully saturated rings. The minimum atomic E-state index is -4.41. The Kier molecular flexibility index (Phi) is 5.20. The highest BCUT2D eigenvalue weighted by Crippen LogP contribution is 2.26. The molecule has 0 saturated heterocycles. The molecule has 0 aliphatic rings. The molecule has 0 saturated carbocycles. The molecule has 0 aromatic heterocycles. The van der Waals surface area contributed by atoms with Crippen molar-refractivity contribution in [2.45, 2.75) is 11.1 Å². The van der Waals surface area contributed by atoms with E-state index in [2.05, 4.69) is 26.0 Å². The van der Waals surface area contributed by atoms with Crippen molar-refractivity contribution in [2.24, 2.45) is 0 Å². The van der Waals surface area contributed by atoms with E-state index >= 15 is 0 Å². The van der Waals surface area contributed by atoms with Gasteiger partial charge >= 0.3 is 6.18 Å². The number of para-hydroxylation sites is 2. The van der Waals surface area contributed by atoms with Crippen LogP contribution in [0, 0.1) is 0 Å². The predicted octanol–water partition coefficient (Wildman–Crippen LogP) is 4.22. The van der Waals surface area contributed by atoms with Crippen LogP contribution < -0.4 is 10.0 Å². The van der Waals surface area contributed by atoms with E-state index in [-0.39, 0.29) is 16.3 Å². The topological polar surface area (TPSA) is 58.2 Å². The average molecular weight is 409 g/mol. The molecule has 2 aromatic rings. The molecule has 0 unspecified atom stereocenters. The molecular formula is C14H12BrF3N2O2S. The van der Waals surface area contributed by atoms with Gasteiger partial charge in [-0.2, -0.15) is 13.2 Å². The van der Waals surface area contributed by atoms with Crippen LogP contribution in [0.5, 0.6) is 0 Å². The van der Waals surface area contributed by atoms with Gasteiger partial charge in [0.2, 0.25) is 0 Å². The Morgan fingerprint density at radius 2 is 1.52 bits per heavy atom. The molecule has 2 N–H and O–H groups in total. The third kappa shape index (κ3) is 5.14. The normalized spacial score (nSPS) is 12.0. The quantitative estimate of drug-likeness (QED) is 0.778. The van der Waals surface area contributed by atoms with Crippen LogP contribution in [0.1, 0.15) is 0 Å². The first-order valence-corrected chi connectivity index (χ1v) is 8.63. The largest absolute Gasteiger partial charge is 0.405 e. The minimum Gasteiger partial charge on any atom is -0.375 e. The second-order valence-electron chi connectivity index (χ2n) is 4.57. The van der Waals surface area contributed by atoms with Crippen LogP contribution in [0.4, 0.5) is 24.5 Å². The van der Waals surface area contributed by atoms with Gasteiger partial charge in [0.05, 0.1) is 16.3 Å². The second-order valence-corrected chi connectivity index (χ2v) is 7.17. The maximum absolute atomic E-state index is 12.3. The fourth-order valence-corrected chi connectivity index (χ4v) is 3.08. The number of sulfonamides is 1. The van der Waals surface area contributed by atoms with Gasteiger partial charge < -0.3 is 5.32 Å². The van der Waals surface area contributed by atoms with Crippen LogP contribution in [-0.2, 0) is 10.0 Å². The first-order valence-electron chi connectivity index (χ1n) is 6.35. The molecule has 0 amide bonds. The highest BCUT2D eigenvalue weighted by Gasteiger charge is 2.27. The van der Waals surface area contributed by atoms with Gasteiger partial charge in [0.15, 0.2) is 0 Å². The number of anilines is 2. The Morgan fingerprint density at radius 1 is 0.957 bits per heavy atom. The van der Waals surface area contributed by atoms with E-state index < -0.39 is 22.7 Å². The maximum atomic E-state index is 12.3. The van der Waals surface area contributed by atoms with Gasteiger partial charge in [-0.15, -0.1) is 0 Å². The van der Waals surface area contributed by atoms with Gasteiger partial charge in [-0.3, -0.25) is 4.72 Å². The van der Waals surface area contributed by atoms with Crippen molar-refractivity contribution < 1.29 is 21.6 Å². The van der Waals surface area contributed by atoms with Crippen molar-refractivity contribution in [1.82, 2.24) is 0 Å². The molecule has 124 valence electrons. The Labute approximate surface area is 139 Å². The van der Waals surface area contributed by atoms with Gasteiger partial charge in [-0.05, 0) is 36.4 Å². The predicted molar refractivity (Wildman–Crippen MR) is 85.9 cm³/mol. The van der Waals surface area contributed by atoms with E-state index in [0.29, 0.717) is 4.47 Å². The zero-order chi connectivity index (χ0) is 17.1. The number of benzene rings is 2. The Balaban J connectivity index is 2.24. The van der Waals surface area contributed by atoms with Gasteiger partial charge in [-0.25, -0.2) is 8.42 Å². The number of hydrogen-bond acceptors (Lipinski definition) is 3. The van der Waals surface area contributed by atoms with Crippen molar-refractivity contribution in [3.63, 3.8) is 0 Å². The lowest BCUT2D eigenvalue weighted by molar-refractivity contribution is -0.115. The van der Waals surface area contributed by atoms with Crippen molar-refractivity contribution in [1.29, 1.82) is 0 Å². The molecule has 0 spiro atoms. The summed E-state index contributed by atoms with van der Waals surface area (Å²) in [7, 11) is -3.90. The Bertz CT molecular complexity index is 777. The van der Waals surface area contributed by atoms with Crippen LogP contribution in [0.15, 0.2) is 57.9 Å². The van der Waals surface area contributed by atoms with E-state index in [1.807, 2.05) is 0 Å². The Morgan fingerprint density at radius 3 is 2.09 bits per heavy atom. The number of rotatable bonds is 5. The zero-order valence-corrected chi connectivity index (χ0v) is 14.0. The second kappa shape index (κ2) is 6.79. The summed E-state index contributed by atoms with van der Waals surface area (Å²) in [6, 6.07) is 11.7. The summed E-state index contributed by atoms with van der Waals surface area (Å²) in [5.74, 6) is 0. The fourth-order valence-electron chi connectivity index (χ4n) is 1.74. The summed E-state index contributed by atoms with van der Waals surface area (Å²) in [6.45, 7) is -1.26. The summed E-state index contributed by atoms with van der Waals surface area (Å²) in [5.41, 5.74) is 0.0881. The number of nitrogens with one attached hydrogen (secondary N) is 2. The first kappa shape index (κ1) is 17.6. The fraction of sp³-hybridized carbons (Fsp3) is 0.143. The molecule has 0 atom stereocenters. The first-order chi connectivity index (χ1) is 10.7. The van der Waals surface area contributed by atoms with Crippen LogP contribution >= 0.6 is 15.9 Å². The lowest BCUT2D eigenvalue weighted by atomic mass is 10.3. The summed E-state index contributed by atoms with van der Waals surface area (Å²) in [4.78, 5) is 0.00586. The van der Waals surface area contributed by atoms with E-state index in [4.69, 9.17) is 0 Å². The van der Waals surface area contributed by atoms with Crippen LogP contribution in [-0.4, -0.2) is 21.1 Å². The lowest BCUT2D eigenvalue weighted by Crippen LogP contribution is -2.22. The highest BCUT2D eigenvalue weighted by atomic mass is 79.9. The van der Waals surface area contributed by atoms with Crippen molar-refractivity contribution in [3.05, 3.63) is 53.0 Å². The lowest BCUT2D eigenvalue weighted by Gasteiger charge is -2.15. The van der Waals surface area contributed by atoms with Crippen LogP contribution in [0.3, 0.4) is 0 Å². The van der Waals surface area contributed by atoms with E-state index in [1.54, 1.807) is 12.1 Å². The average Bonchev–Trinajstić information content (AvgIpc) is 2.45. The Hall–Kier alpha value is -1.74. The number of alkyl halides is 3. The molecule has 2 rings (SSSR count). The van der Waals surface area contributed by atoms with Crippen molar-refractivity contribution >= 4 is 37.3 Å². The molecule has 4 nitrogen and oxygen atoms in total. The molecule has 0 heterocycles. The monoisotopic (exact) mass is 408 g/mol. The third-order valence-corrected chi connectivity index (χ3v) is 4.68. The summed E-state index contributed by atoms with van der Waals surface area (Å²) < 4.78 is 64.5. The number of halogens is 4. The van der Waals surface area contributed by atoms with Crippen molar-refractivity contribution in [2.75, 3.05) is 16.6 Å². The molecule has 0 aliphatic carbocycles. The van der Waals surface area contributed by atoms with Crippen LogP contribution in [0.25, 0.3) is 0 Å². The smallest absolute Gasteiger partial charge is 0.375 e. The zero-order valence-electron chi connectivity index (χ0n) is 11.6. The molecule has 0 bridgehead atoms. The summed E-state index contributed by atoms with van der Waals surface area (Å²) >= 11 is 3.20. The van der Waals surface area contributed by atoms with Gasteiger partial charge in [0.1, 0.15) is 6.54 Å². The van der Waals surface area contributed by atoms with E-state index in [9.17, 15) is 21.6 Å². The van der Waals surface area contributed by atoms with E-state index in [1.165, 1.54) is 36.4 Å². The molecule has 23 heavy (non-hydrogen) atoms. The summed E-state index contributed by atoms with van der Waals surface area (Å²) in [5, 5.41) is 2.18. The highest BCUT2D eigenvalue weighted by molar-refractivity contribution is 9.10. The molecule has 0 aliphatic heterocycles. The van der Waals surface area contributed by atoms with Gasteiger partial charge in [0.25, 0.3) is 10.0 Å². The van der Waals surface area contributed by atoms with Crippen LogP contribution in [0.2, 0.25) is 0 Å². The number of hydrogen-bond donors (Lipinski definition) is 2. The summed E-state index contributed by atoms with van der Waals surface area (Å²) in [6.07, 6.45) is -4.41. The SMILES string of the molecule is O=S(=O)(Nc1ccccc1NCC(F)(F)F)c1ccc(Br)cc1. The standard InChI is InChI=1S/C14H12BrF3N2O2S/c15-10-5-7-11(8-6-10)23(21,22)20-13-4-2-1-3-12(13)19-9-14(16,17)18/h1-8,19-20H,9H2. The third-order valence-electron chi connectivity index (χ3n) is 2.77.